The lowest BCUT2D eigenvalue weighted by atomic mass is 10.0. The van der Waals surface area contributed by atoms with Crippen molar-refractivity contribution in [2.45, 2.75) is 19.1 Å². The molecule has 5 heteroatoms. The Morgan fingerprint density at radius 1 is 1.30 bits per heavy atom. The Kier molecular flexibility index (Phi) is 5.54. The van der Waals surface area contributed by atoms with Gasteiger partial charge in [-0.3, -0.25) is 0 Å². The highest BCUT2D eigenvalue weighted by Crippen LogP contribution is 2.33. The Balaban J connectivity index is 2.29. The normalized spacial score (nSPS) is 17.6. The Bertz CT molecular complexity index is 490. The number of fused-ring (bicyclic) bond motifs is 1. The van der Waals surface area contributed by atoms with Crippen LogP contribution in [0.2, 0.25) is 0 Å². The molecule has 4 nitrogen and oxygen atoms in total. The first-order chi connectivity index (χ1) is 9.69. The average molecular weight is 389 g/mol. The molecule has 1 atom stereocenters. The van der Waals surface area contributed by atoms with Gasteiger partial charge in [0.15, 0.2) is 11.5 Å². The predicted octanol–water partition coefficient (Wildman–Crippen LogP) is 2.68. The van der Waals surface area contributed by atoms with E-state index in [1.807, 2.05) is 29.3 Å². The molecule has 0 bridgehead atoms. The summed E-state index contributed by atoms with van der Waals surface area (Å²) in [6.45, 7) is 0.864. The van der Waals surface area contributed by atoms with Gasteiger partial charge < -0.3 is 19.5 Å². The first-order valence-electron chi connectivity index (χ1n) is 6.62. The maximum Gasteiger partial charge on any atom is 0.161 e. The number of halogens is 1. The van der Waals surface area contributed by atoms with Crippen LogP contribution in [0.1, 0.15) is 17.5 Å². The van der Waals surface area contributed by atoms with Gasteiger partial charge in [0.1, 0.15) is 6.23 Å². The molecule has 1 N–H and O–H groups in total. The number of alkyl halides is 1. The minimum Gasteiger partial charge on any atom is -0.493 e. The van der Waals surface area contributed by atoms with Gasteiger partial charge in [-0.05, 0) is 35.8 Å². The van der Waals surface area contributed by atoms with Crippen LogP contribution >= 0.6 is 22.6 Å². The molecular weight excluding hydrogens is 369 g/mol. The molecule has 2 rings (SSSR count). The maximum absolute atomic E-state index is 10.3. The van der Waals surface area contributed by atoms with Gasteiger partial charge in [0.05, 0.1) is 14.2 Å². The molecule has 1 aromatic rings. The van der Waals surface area contributed by atoms with Crippen molar-refractivity contribution in [1.29, 1.82) is 0 Å². The van der Waals surface area contributed by atoms with E-state index in [1.165, 1.54) is 0 Å². The summed E-state index contributed by atoms with van der Waals surface area (Å²) in [5.41, 5.74) is 2.14. The first kappa shape index (κ1) is 15.4. The molecule has 0 aliphatic carbocycles. The summed E-state index contributed by atoms with van der Waals surface area (Å²) in [5.74, 6) is 1.42. The second-order valence-electron chi connectivity index (χ2n) is 4.69. The number of hydrogen-bond donors (Lipinski definition) is 1. The van der Waals surface area contributed by atoms with E-state index in [4.69, 9.17) is 9.47 Å². The number of aliphatic hydroxyl groups excluding tert-OH is 1. The van der Waals surface area contributed by atoms with E-state index in [2.05, 4.69) is 22.6 Å². The molecule has 0 amide bonds. The van der Waals surface area contributed by atoms with Crippen LogP contribution < -0.4 is 9.47 Å². The summed E-state index contributed by atoms with van der Waals surface area (Å²) in [7, 11) is 3.26. The average Bonchev–Trinajstić information content (AvgIpc) is 2.61. The van der Waals surface area contributed by atoms with Crippen LogP contribution in [0.25, 0.3) is 6.08 Å². The van der Waals surface area contributed by atoms with Gasteiger partial charge in [-0.25, -0.2) is 0 Å². The maximum atomic E-state index is 10.3. The van der Waals surface area contributed by atoms with E-state index in [-0.39, 0.29) is 0 Å². The van der Waals surface area contributed by atoms with E-state index in [0.29, 0.717) is 17.9 Å². The third-order valence-corrected chi connectivity index (χ3v) is 4.19. The molecular formula is C15H20INO3. The lowest BCUT2D eigenvalue weighted by Crippen LogP contribution is -2.32. The number of methoxy groups -OCH3 is 2. The number of nitrogens with zero attached hydrogens (tertiary/aromatic N) is 1. The molecule has 0 spiro atoms. The van der Waals surface area contributed by atoms with Gasteiger partial charge in [0.2, 0.25) is 0 Å². The second kappa shape index (κ2) is 7.17. The summed E-state index contributed by atoms with van der Waals surface area (Å²) in [6.07, 6.45) is 5.15. The number of hydrogen-bond acceptors (Lipinski definition) is 4. The monoisotopic (exact) mass is 389 g/mol. The third kappa shape index (κ3) is 3.38. The van der Waals surface area contributed by atoms with E-state index < -0.39 is 6.23 Å². The van der Waals surface area contributed by atoms with E-state index in [0.717, 1.165) is 28.5 Å². The van der Waals surface area contributed by atoms with Crippen LogP contribution in [0.4, 0.5) is 0 Å². The van der Waals surface area contributed by atoms with Gasteiger partial charge >= 0.3 is 0 Å². The number of benzene rings is 1. The van der Waals surface area contributed by atoms with Crippen LogP contribution in [0.15, 0.2) is 18.3 Å². The molecule has 1 heterocycles. The summed E-state index contributed by atoms with van der Waals surface area (Å²) in [5, 5.41) is 10.3. The minimum absolute atomic E-state index is 0.492. The third-order valence-electron chi connectivity index (χ3n) is 3.43. The van der Waals surface area contributed by atoms with Crippen LogP contribution in [0, 0.1) is 0 Å². The van der Waals surface area contributed by atoms with Gasteiger partial charge in [-0.1, -0.05) is 22.6 Å². The molecule has 1 aromatic carbocycles. The standard InChI is InChI=1S/C15H20INO3/c1-19-13-8-11-4-7-17(6-3-5-16)15(18)10-12(11)9-14(13)20-2/h4,7-9,15,18H,3,5-6,10H2,1-2H3. The molecule has 20 heavy (non-hydrogen) atoms. The van der Waals surface area contributed by atoms with Crippen LogP contribution in [-0.2, 0) is 6.42 Å². The fraction of sp³-hybridized carbons (Fsp3) is 0.467. The molecule has 0 saturated heterocycles. The Morgan fingerprint density at radius 3 is 2.65 bits per heavy atom. The topological polar surface area (TPSA) is 41.9 Å². The summed E-state index contributed by atoms with van der Waals surface area (Å²) in [6, 6.07) is 3.91. The Labute approximate surface area is 133 Å². The smallest absolute Gasteiger partial charge is 0.161 e. The number of ether oxygens (including phenoxy) is 2. The quantitative estimate of drug-likeness (QED) is 0.621. The van der Waals surface area contributed by atoms with Gasteiger partial charge in [-0.2, -0.15) is 0 Å². The molecule has 1 aliphatic heterocycles. The van der Waals surface area contributed by atoms with Crippen molar-refractivity contribution in [3.63, 3.8) is 0 Å². The van der Waals surface area contributed by atoms with Crippen LogP contribution in [0.5, 0.6) is 11.5 Å². The van der Waals surface area contributed by atoms with E-state index in [9.17, 15) is 5.11 Å². The molecule has 1 aliphatic rings. The molecule has 0 saturated carbocycles. The fourth-order valence-electron chi connectivity index (χ4n) is 2.32. The number of aliphatic hydroxyl groups is 1. The Morgan fingerprint density at radius 2 is 2.00 bits per heavy atom. The highest BCUT2D eigenvalue weighted by atomic mass is 127. The largest absolute Gasteiger partial charge is 0.493 e. The SMILES string of the molecule is COc1cc2c(cc1OC)CC(O)N(CCCI)C=C2. The van der Waals surface area contributed by atoms with Crippen molar-refractivity contribution in [1.82, 2.24) is 4.90 Å². The number of rotatable bonds is 5. The highest BCUT2D eigenvalue weighted by molar-refractivity contribution is 14.1. The van der Waals surface area contributed by atoms with Crippen LogP contribution in [-0.4, -0.2) is 41.4 Å². The first-order valence-corrected chi connectivity index (χ1v) is 8.15. The van der Waals surface area contributed by atoms with Gasteiger partial charge in [0, 0.05) is 23.6 Å². The zero-order valence-corrected chi connectivity index (χ0v) is 14.0. The van der Waals surface area contributed by atoms with Crippen molar-refractivity contribution in [3.8, 4) is 11.5 Å². The molecule has 0 fully saturated rings. The zero-order chi connectivity index (χ0) is 14.5. The highest BCUT2D eigenvalue weighted by Gasteiger charge is 2.19. The molecule has 0 aromatic heterocycles. The summed E-state index contributed by atoms with van der Waals surface area (Å²) >= 11 is 2.35. The lowest BCUT2D eigenvalue weighted by molar-refractivity contribution is 0.0402. The fourth-order valence-corrected chi connectivity index (χ4v) is 2.67. The van der Waals surface area contributed by atoms with Gasteiger partial charge in [0.25, 0.3) is 0 Å². The Hall–Kier alpha value is -0.950. The van der Waals surface area contributed by atoms with E-state index >= 15 is 0 Å². The van der Waals surface area contributed by atoms with Crippen molar-refractivity contribution < 1.29 is 14.6 Å². The zero-order valence-electron chi connectivity index (χ0n) is 11.8. The summed E-state index contributed by atoms with van der Waals surface area (Å²) < 4.78 is 11.7. The van der Waals surface area contributed by atoms with Crippen molar-refractivity contribution in [2.24, 2.45) is 0 Å². The summed E-state index contributed by atoms with van der Waals surface area (Å²) in [4.78, 5) is 1.98. The van der Waals surface area contributed by atoms with Crippen molar-refractivity contribution >= 4 is 28.7 Å². The van der Waals surface area contributed by atoms with Crippen molar-refractivity contribution in [2.75, 3.05) is 25.2 Å². The van der Waals surface area contributed by atoms with Gasteiger partial charge in [-0.15, -0.1) is 0 Å². The van der Waals surface area contributed by atoms with Crippen LogP contribution in [0.3, 0.4) is 0 Å². The molecule has 0 radical (unpaired) electrons. The van der Waals surface area contributed by atoms with E-state index in [1.54, 1.807) is 14.2 Å². The van der Waals surface area contributed by atoms with Crippen molar-refractivity contribution in [3.05, 3.63) is 29.5 Å². The molecule has 1 unspecified atom stereocenters. The molecule has 110 valence electrons. The minimum atomic E-state index is -0.492. The second-order valence-corrected chi connectivity index (χ2v) is 5.77. The lowest BCUT2D eigenvalue weighted by Gasteiger charge is -2.25. The predicted molar refractivity (Wildman–Crippen MR) is 88.5 cm³/mol.